The number of carbonyl (C=O) groups is 3. The Morgan fingerprint density at radius 2 is 1.00 bits per heavy atom. The van der Waals surface area contributed by atoms with Gasteiger partial charge in [0.15, 0.2) is 0 Å². The summed E-state index contributed by atoms with van der Waals surface area (Å²) in [6, 6.07) is 0. The van der Waals surface area contributed by atoms with E-state index in [9.17, 15) is 14.4 Å². The van der Waals surface area contributed by atoms with E-state index in [2.05, 4.69) is 37.4 Å². The van der Waals surface area contributed by atoms with Gasteiger partial charge in [0.2, 0.25) is 5.91 Å². The molecule has 0 fully saturated rings. The van der Waals surface area contributed by atoms with Gasteiger partial charge in [-0.15, -0.1) is 0 Å². The number of esters is 1. The minimum absolute atomic E-state index is 0.0951. The van der Waals surface area contributed by atoms with Crippen LogP contribution in [-0.4, -0.2) is 35.6 Å². The van der Waals surface area contributed by atoms with Crippen LogP contribution >= 0.6 is 0 Å². The van der Waals surface area contributed by atoms with Crippen molar-refractivity contribution < 1.29 is 24.2 Å². The average molecular weight is 690 g/mol. The van der Waals surface area contributed by atoms with Crippen molar-refractivity contribution in [2.24, 2.45) is 0 Å². The molecule has 0 saturated carbocycles. The van der Waals surface area contributed by atoms with E-state index in [1.807, 2.05) is 6.08 Å². The monoisotopic (exact) mass is 690 g/mol. The standard InChI is InChI=1S/C43H79NO5/c1-3-5-7-9-11-13-14-15-16-17-18-19-20-21-22-23-24-26-28-34-38-43(48)49-40(35-31-27-25-12-10-8-6-4-2)36-32-29-30-33-37-41(45)44-39-42(46)47/h12,25,31,35,40H,3-11,13-24,26-30,32-34,36-39H2,1-2H3,(H,44,45)(H,46,47)/b25-12-,35-31-. The lowest BCUT2D eigenvalue weighted by Crippen LogP contribution is -2.28. The van der Waals surface area contributed by atoms with Crippen molar-refractivity contribution in [2.45, 2.75) is 225 Å². The maximum absolute atomic E-state index is 12.6. The number of ether oxygens (including phenoxy) is 1. The van der Waals surface area contributed by atoms with Gasteiger partial charge in [-0.25, -0.2) is 0 Å². The Hall–Kier alpha value is -2.11. The van der Waals surface area contributed by atoms with E-state index in [0.29, 0.717) is 12.8 Å². The van der Waals surface area contributed by atoms with Crippen molar-refractivity contribution in [2.75, 3.05) is 6.54 Å². The first-order valence-corrected chi connectivity index (χ1v) is 21.0. The number of nitrogens with one attached hydrogen (secondary N) is 1. The van der Waals surface area contributed by atoms with Gasteiger partial charge < -0.3 is 15.2 Å². The largest absolute Gasteiger partial charge is 0.480 e. The van der Waals surface area contributed by atoms with Gasteiger partial charge in [-0.1, -0.05) is 180 Å². The summed E-state index contributed by atoms with van der Waals surface area (Å²) in [6.07, 6.45) is 46.2. The fourth-order valence-corrected chi connectivity index (χ4v) is 6.23. The summed E-state index contributed by atoms with van der Waals surface area (Å²) >= 11 is 0. The fourth-order valence-electron chi connectivity index (χ4n) is 6.23. The molecular weight excluding hydrogens is 610 g/mol. The summed E-state index contributed by atoms with van der Waals surface area (Å²) < 4.78 is 5.88. The maximum Gasteiger partial charge on any atom is 0.322 e. The SMILES string of the molecule is CCCCC/C=C\C/C=C\C(CCCCCCC(=O)NCC(=O)O)OC(=O)CCCCCCCCCCCCCCCCCCCCCC. The molecule has 0 spiro atoms. The summed E-state index contributed by atoms with van der Waals surface area (Å²) in [5.74, 6) is -1.34. The number of carboxylic acid groups (broad SMARTS) is 1. The number of allylic oxidation sites excluding steroid dienone is 3. The van der Waals surface area contributed by atoms with Crippen LogP contribution in [0.25, 0.3) is 0 Å². The topological polar surface area (TPSA) is 92.7 Å². The zero-order valence-electron chi connectivity index (χ0n) is 32.3. The first-order chi connectivity index (χ1) is 24.0. The van der Waals surface area contributed by atoms with Crippen molar-refractivity contribution >= 4 is 17.8 Å². The van der Waals surface area contributed by atoms with E-state index in [0.717, 1.165) is 57.8 Å². The Bertz CT molecular complexity index is 808. The number of aliphatic carboxylic acids is 1. The lowest BCUT2D eigenvalue weighted by Gasteiger charge is -2.14. The highest BCUT2D eigenvalue weighted by molar-refractivity contribution is 5.80. The zero-order valence-corrected chi connectivity index (χ0v) is 32.3. The van der Waals surface area contributed by atoms with E-state index >= 15 is 0 Å². The smallest absolute Gasteiger partial charge is 0.322 e. The van der Waals surface area contributed by atoms with Gasteiger partial charge in [-0.2, -0.15) is 0 Å². The van der Waals surface area contributed by atoms with Gasteiger partial charge in [-0.3, -0.25) is 14.4 Å². The second-order valence-corrected chi connectivity index (χ2v) is 14.3. The molecule has 1 unspecified atom stereocenters. The molecule has 0 radical (unpaired) electrons. The number of hydrogen-bond donors (Lipinski definition) is 2. The number of carbonyl (C=O) groups excluding carboxylic acids is 2. The van der Waals surface area contributed by atoms with Gasteiger partial charge in [-0.05, 0) is 51.0 Å². The van der Waals surface area contributed by atoms with Crippen LogP contribution in [0.15, 0.2) is 24.3 Å². The van der Waals surface area contributed by atoms with Crippen molar-refractivity contribution in [3.05, 3.63) is 24.3 Å². The average Bonchev–Trinajstić information content (AvgIpc) is 3.08. The number of amides is 1. The predicted molar refractivity (Wildman–Crippen MR) is 208 cm³/mol. The van der Waals surface area contributed by atoms with Crippen LogP contribution in [0.3, 0.4) is 0 Å². The first kappa shape index (κ1) is 46.9. The molecule has 0 rings (SSSR count). The molecular formula is C43H79NO5. The highest BCUT2D eigenvalue weighted by atomic mass is 16.5. The summed E-state index contributed by atoms with van der Waals surface area (Å²) in [4.78, 5) is 34.9. The van der Waals surface area contributed by atoms with E-state index < -0.39 is 5.97 Å². The van der Waals surface area contributed by atoms with E-state index in [4.69, 9.17) is 9.84 Å². The molecule has 0 aromatic carbocycles. The summed E-state index contributed by atoms with van der Waals surface area (Å²) in [6.45, 7) is 4.18. The van der Waals surface area contributed by atoms with Crippen molar-refractivity contribution in [1.29, 1.82) is 0 Å². The van der Waals surface area contributed by atoms with Crippen molar-refractivity contribution in [3.63, 3.8) is 0 Å². The minimum Gasteiger partial charge on any atom is -0.480 e. The Balaban J connectivity index is 3.99. The van der Waals surface area contributed by atoms with Crippen LogP contribution in [0.1, 0.15) is 219 Å². The van der Waals surface area contributed by atoms with Crippen LogP contribution in [0.5, 0.6) is 0 Å². The van der Waals surface area contributed by atoms with E-state index in [1.54, 1.807) is 0 Å². The van der Waals surface area contributed by atoms with Gasteiger partial charge in [0.05, 0.1) is 0 Å². The van der Waals surface area contributed by atoms with Gasteiger partial charge in [0.25, 0.3) is 0 Å². The van der Waals surface area contributed by atoms with Crippen LogP contribution < -0.4 is 5.32 Å². The molecule has 1 atom stereocenters. The Labute approximate surface area is 303 Å². The van der Waals surface area contributed by atoms with Crippen molar-refractivity contribution in [3.8, 4) is 0 Å². The highest BCUT2D eigenvalue weighted by Gasteiger charge is 2.12. The minimum atomic E-state index is -1.03. The molecule has 49 heavy (non-hydrogen) atoms. The van der Waals surface area contributed by atoms with Gasteiger partial charge >= 0.3 is 11.9 Å². The third kappa shape index (κ3) is 38.5. The van der Waals surface area contributed by atoms with Gasteiger partial charge in [0, 0.05) is 12.8 Å². The second kappa shape index (κ2) is 38.7. The van der Waals surface area contributed by atoms with Crippen LogP contribution in [0.2, 0.25) is 0 Å². The molecule has 0 aliphatic carbocycles. The number of carboxylic acids is 1. The lowest BCUT2D eigenvalue weighted by molar-refractivity contribution is -0.147. The van der Waals surface area contributed by atoms with E-state index in [-0.39, 0.29) is 24.5 Å². The Morgan fingerprint density at radius 1 is 0.551 bits per heavy atom. The highest BCUT2D eigenvalue weighted by Crippen LogP contribution is 2.16. The number of hydrogen-bond acceptors (Lipinski definition) is 4. The second-order valence-electron chi connectivity index (χ2n) is 14.3. The van der Waals surface area contributed by atoms with Crippen LogP contribution in [0, 0.1) is 0 Å². The molecule has 0 saturated heterocycles. The molecule has 0 aliphatic rings. The number of rotatable bonds is 38. The molecule has 2 N–H and O–H groups in total. The third-order valence-corrected chi connectivity index (χ3v) is 9.36. The molecule has 6 nitrogen and oxygen atoms in total. The van der Waals surface area contributed by atoms with Crippen LogP contribution in [0.4, 0.5) is 0 Å². The van der Waals surface area contributed by atoms with Gasteiger partial charge in [0.1, 0.15) is 12.6 Å². The molecule has 0 aromatic rings. The number of unbranched alkanes of at least 4 members (excludes halogenated alkanes) is 25. The molecule has 0 aliphatic heterocycles. The maximum atomic E-state index is 12.6. The van der Waals surface area contributed by atoms with Crippen LogP contribution in [-0.2, 0) is 19.1 Å². The molecule has 0 aromatic heterocycles. The molecule has 286 valence electrons. The van der Waals surface area contributed by atoms with Crippen molar-refractivity contribution in [1.82, 2.24) is 5.32 Å². The summed E-state index contributed by atoms with van der Waals surface area (Å²) in [7, 11) is 0. The molecule has 0 heterocycles. The zero-order chi connectivity index (χ0) is 35.9. The molecule has 1 amide bonds. The Kier molecular flexibility index (Phi) is 37.0. The summed E-state index contributed by atoms with van der Waals surface area (Å²) in [5, 5.41) is 11.1. The summed E-state index contributed by atoms with van der Waals surface area (Å²) in [5.41, 5.74) is 0. The predicted octanol–water partition coefficient (Wildman–Crippen LogP) is 12.7. The molecule has 0 bridgehead atoms. The fraction of sp³-hybridized carbons (Fsp3) is 0.837. The Morgan fingerprint density at radius 3 is 1.51 bits per heavy atom. The third-order valence-electron chi connectivity index (χ3n) is 9.36. The first-order valence-electron chi connectivity index (χ1n) is 21.0. The normalized spacial score (nSPS) is 12.2. The molecule has 6 heteroatoms. The lowest BCUT2D eigenvalue weighted by atomic mass is 10.0. The quantitative estimate of drug-likeness (QED) is 0.0382. The van der Waals surface area contributed by atoms with E-state index in [1.165, 1.54) is 135 Å².